The third-order valence-electron chi connectivity index (χ3n) is 2.71. The molecule has 106 valence electrons. The number of imidazole rings is 1. The van der Waals surface area contributed by atoms with Crippen molar-refractivity contribution in [1.82, 2.24) is 9.97 Å². The summed E-state index contributed by atoms with van der Waals surface area (Å²) in [5.41, 5.74) is -2.29. The standard InChI is InChI=1S/C12H9F3N2O3/c13-12(14,15)7-4-2-1-3-6(7)5-8-9(10(18)19)17-11(20)16-8/h1-4H,5H2,(H,18,19)(H2,16,17,20). The molecular formula is C12H9F3N2O3. The smallest absolute Gasteiger partial charge is 0.416 e. The number of H-pyrrole nitrogens is 2. The average molecular weight is 286 g/mol. The SMILES string of the molecule is O=C(O)c1[nH]c(=O)[nH]c1Cc1ccccc1C(F)(F)F. The van der Waals surface area contributed by atoms with Gasteiger partial charge in [-0.25, -0.2) is 9.59 Å². The van der Waals surface area contributed by atoms with Crippen LogP contribution in [0.15, 0.2) is 29.1 Å². The molecule has 1 aromatic carbocycles. The van der Waals surface area contributed by atoms with Gasteiger partial charge in [0.2, 0.25) is 0 Å². The largest absolute Gasteiger partial charge is 0.477 e. The summed E-state index contributed by atoms with van der Waals surface area (Å²) in [7, 11) is 0. The predicted octanol–water partition coefficient (Wildman–Crippen LogP) is 2.01. The molecule has 0 aliphatic heterocycles. The zero-order valence-corrected chi connectivity index (χ0v) is 9.91. The number of hydrogen-bond donors (Lipinski definition) is 3. The molecule has 2 rings (SSSR count). The number of carbonyl (C=O) groups is 1. The van der Waals surface area contributed by atoms with E-state index in [1.165, 1.54) is 18.2 Å². The van der Waals surface area contributed by atoms with Gasteiger partial charge in [0.25, 0.3) is 0 Å². The Labute approximate surface area is 110 Å². The molecule has 0 radical (unpaired) electrons. The summed E-state index contributed by atoms with van der Waals surface area (Å²) in [6.45, 7) is 0. The summed E-state index contributed by atoms with van der Waals surface area (Å²) in [6, 6.07) is 4.79. The summed E-state index contributed by atoms with van der Waals surface area (Å²) in [4.78, 5) is 26.2. The van der Waals surface area contributed by atoms with Crippen molar-refractivity contribution in [2.45, 2.75) is 12.6 Å². The highest BCUT2D eigenvalue weighted by Crippen LogP contribution is 2.32. The van der Waals surface area contributed by atoms with Gasteiger partial charge in [0, 0.05) is 6.42 Å². The average Bonchev–Trinajstić information content (AvgIpc) is 2.70. The van der Waals surface area contributed by atoms with Crippen LogP contribution in [-0.2, 0) is 12.6 Å². The first-order chi connectivity index (χ1) is 9.29. The Balaban J connectivity index is 2.46. The Morgan fingerprint density at radius 1 is 1.20 bits per heavy atom. The van der Waals surface area contributed by atoms with E-state index in [9.17, 15) is 22.8 Å². The lowest BCUT2D eigenvalue weighted by molar-refractivity contribution is -0.138. The van der Waals surface area contributed by atoms with Crippen molar-refractivity contribution >= 4 is 5.97 Å². The van der Waals surface area contributed by atoms with Gasteiger partial charge >= 0.3 is 17.8 Å². The lowest BCUT2D eigenvalue weighted by Gasteiger charge is -2.12. The van der Waals surface area contributed by atoms with Crippen LogP contribution in [0, 0.1) is 0 Å². The highest BCUT2D eigenvalue weighted by Gasteiger charge is 2.33. The highest BCUT2D eigenvalue weighted by atomic mass is 19.4. The van der Waals surface area contributed by atoms with E-state index in [2.05, 4.69) is 4.98 Å². The zero-order chi connectivity index (χ0) is 14.9. The van der Waals surface area contributed by atoms with E-state index in [4.69, 9.17) is 5.11 Å². The molecule has 3 N–H and O–H groups in total. The van der Waals surface area contributed by atoms with Crippen molar-refractivity contribution in [2.24, 2.45) is 0 Å². The molecule has 2 aromatic rings. The summed E-state index contributed by atoms with van der Waals surface area (Å²) >= 11 is 0. The minimum absolute atomic E-state index is 0.0980. The van der Waals surface area contributed by atoms with Crippen molar-refractivity contribution in [3.63, 3.8) is 0 Å². The van der Waals surface area contributed by atoms with Crippen LogP contribution >= 0.6 is 0 Å². The fourth-order valence-corrected chi connectivity index (χ4v) is 1.88. The molecular weight excluding hydrogens is 277 g/mol. The van der Waals surface area contributed by atoms with Gasteiger partial charge in [0.1, 0.15) is 5.69 Å². The van der Waals surface area contributed by atoms with Crippen LogP contribution in [-0.4, -0.2) is 21.0 Å². The molecule has 0 spiro atoms. The van der Waals surface area contributed by atoms with Crippen LogP contribution in [0.4, 0.5) is 13.2 Å². The molecule has 5 nitrogen and oxygen atoms in total. The minimum atomic E-state index is -4.55. The van der Waals surface area contributed by atoms with E-state index in [-0.39, 0.29) is 17.7 Å². The summed E-state index contributed by atoms with van der Waals surface area (Å²) in [5, 5.41) is 8.87. The van der Waals surface area contributed by atoms with Crippen LogP contribution in [0.1, 0.15) is 27.3 Å². The van der Waals surface area contributed by atoms with E-state index in [0.717, 1.165) is 6.07 Å². The van der Waals surface area contributed by atoms with E-state index < -0.39 is 29.1 Å². The van der Waals surface area contributed by atoms with Crippen LogP contribution in [0.2, 0.25) is 0 Å². The molecule has 0 atom stereocenters. The first kappa shape index (κ1) is 13.9. The lowest BCUT2D eigenvalue weighted by Crippen LogP contribution is -2.10. The van der Waals surface area contributed by atoms with Crippen LogP contribution in [0.25, 0.3) is 0 Å². The fourth-order valence-electron chi connectivity index (χ4n) is 1.88. The Hall–Kier alpha value is -2.51. The number of carboxylic acids is 1. The van der Waals surface area contributed by atoms with Crippen LogP contribution < -0.4 is 5.69 Å². The van der Waals surface area contributed by atoms with Crippen LogP contribution in [0.5, 0.6) is 0 Å². The summed E-state index contributed by atoms with van der Waals surface area (Å²) in [6.07, 6.45) is -4.88. The number of rotatable bonds is 3. The van der Waals surface area contributed by atoms with E-state index in [1.807, 2.05) is 4.98 Å². The predicted molar refractivity (Wildman–Crippen MR) is 62.6 cm³/mol. The van der Waals surface area contributed by atoms with E-state index >= 15 is 0 Å². The number of carboxylic acid groups (broad SMARTS) is 1. The Kier molecular flexibility index (Phi) is 3.39. The number of hydrogen-bond acceptors (Lipinski definition) is 2. The second kappa shape index (κ2) is 4.87. The fraction of sp³-hybridized carbons (Fsp3) is 0.167. The topological polar surface area (TPSA) is 85.9 Å². The molecule has 0 saturated carbocycles. The maximum atomic E-state index is 12.8. The molecule has 1 aromatic heterocycles. The molecule has 0 unspecified atom stereocenters. The Morgan fingerprint density at radius 3 is 2.45 bits per heavy atom. The van der Waals surface area contributed by atoms with Crippen molar-refractivity contribution < 1.29 is 23.1 Å². The molecule has 20 heavy (non-hydrogen) atoms. The number of halogens is 3. The molecule has 0 aliphatic carbocycles. The quantitative estimate of drug-likeness (QED) is 0.806. The normalized spacial score (nSPS) is 11.6. The van der Waals surface area contributed by atoms with Gasteiger partial charge in [-0.3, -0.25) is 4.98 Å². The second-order valence-electron chi connectivity index (χ2n) is 4.07. The van der Waals surface area contributed by atoms with Gasteiger partial charge in [-0.05, 0) is 11.6 Å². The van der Waals surface area contributed by atoms with E-state index in [1.54, 1.807) is 0 Å². The molecule has 0 saturated heterocycles. The first-order valence-corrected chi connectivity index (χ1v) is 5.48. The van der Waals surface area contributed by atoms with Gasteiger partial charge in [0.05, 0.1) is 11.3 Å². The van der Waals surface area contributed by atoms with Gasteiger partial charge in [-0.2, -0.15) is 13.2 Å². The maximum Gasteiger partial charge on any atom is 0.416 e. The summed E-state index contributed by atoms with van der Waals surface area (Å²) in [5.74, 6) is -1.41. The highest BCUT2D eigenvalue weighted by molar-refractivity contribution is 5.86. The number of nitrogens with one attached hydrogen (secondary N) is 2. The minimum Gasteiger partial charge on any atom is -0.477 e. The zero-order valence-electron chi connectivity index (χ0n) is 9.91. The maximum absolute atomic E-state index is 12.8. The number of aromatic carboxylic acids is 1. The molecule has 8 heteroatoms. The number of aromatic amines is 2. The van der Waals surface area contributed by atoms with Crippen molar-refractivity contribution in [2.75, 3.05) is 0 Å². The third-order valence-corrected chi connectivity index (χ3v) is 2.71. The molecule has 0 fully saturated rings. The molecule has 0 aliphatic rings. The summed E-state index contributed by atoms with van der Waals surface area (Å²) < 4.78 is 38.5. The van der Waals surface area contributed by atoms with Crippen LogP contribution in [0.3, 0.4) is 0 Å². The number of benzene rings is 1. The number of alkyl halides is 3. The van der Waals surface area contributed by atoms with Gasteiger partial charge in [-0.1, -0.05) is 18.2 Å². The molecule has 0 amide bonds. The lowest BCUT2D eigenvalue weighted by atomic mass is 10.0. The van der Waals surface area contributed by atoms with Crippen molar-refractivity contribution in [3.8, 4) is 0 Å². The Bertz CT molecular complexity index is 700. The first-order valence-electron chi connectivity index (χ1n) is 5.48. The van der Waals surface area contributed by atoms with E-state index in [0.29, 0.717) is 0 Å². The van der Waals surface area contributed by atoms with Crippen molar-refractivity contribution in [3.05, 3.63) is 57.3 Å². The van der Waals surface area contributed by atoms with Crippen molar-refractivity contribution in [1.29, 1.82) is 0 Å². The Morgan fingerprint density at radius 2 is 1.85 bits per heavy atom. The molecule has 1 heterocycles. The third kappa shape index (κ3) is 2.73. The van der Waals surface area contributed by atoms with Gasteiger partial charge in [0.15, 0.2) is 0 Å². The monoisotopic (exact) mass is 286 g/mol. The second-order valence-corrected chi connectivity index (χ2v) is 4.07. The molecule has 0 bridgehead atoms. The van der Waals surface area contributed by atoms with Gasteiger partial charge < -0.3 is 10.1 Å². The number of aromatic nitrogens is 2. The van der Waals surface area contributed by atoms with Gasteiger partial charge in [-0.15, -0.1) is 0 Å².